The number of rotatable bonds is 3. The minimum Gasteiger partial charge on any atom is -0.360 e. The zero-order chi connectivity index (χ0) is 12.3. The van der Waals surface area contributed by atoms with Crippen LogP contribution in [-0.4, -0.2) is 19.6 Å². The highest BCUT2D eigenvalue weighted by Gasteiger charge is 2.10. The fraction of sp³-hybridized carbons (Fsp3) is 0.0833. The van der Waals surface area contributed by atoms with Gasteiger partial charge < -0.3 is 4.98 Å². The van der Waals surface area contributed by atoms with Gasteiger partial charge in [-0.3, -0.25) is 0 Å². The Bertz CT molecular complexity index is 611. The number of nitrogens with one attached hydrogen (secondary N) is 1. The summed E-state index contributed by atoms with van der Waals surface area (Å²) < 4.78 is 27.3. The van der Waals surface area contributed by atoms with Gasteiger partial charge in [-0.25, -0.2) is 0 Å². The van der Waals surface area contributed by atoms with Crippen molar-refractivity contribution in [3.8, 4) is 0 Å². The smallest absolute Gasteiger partial charge is 0.282 e. The van der Waals surface area contributed by atoms with E-state index >= 15 is 0 Å². The fourth-order valence-corrected chi connectivity index (χ4v) is 2.18. The Kier molecular flexibility index (Phi) is 3.10. The average molecular weight is 248 g/mol. The number of hydrogen-bond acceptors (Lipinski definition) is 2. The van der Waals surface area contributed by atoms with Gasteiger partial charge in [0.2, 0.25) is 0 Å². The van der Waals surface area contributed by atoms with Gasteiger partial charge in [-0.15, -0.1) is 0 Å². The summed E-state index contributed by atoms with van der Waals surface area (Å²) in [4.78, 5) is 3.06. The van der Waals surface area contributed by atoms with E-state index in [1.165, 1.54) is 6.21 Å². The van der Waals surface area contributed by atoms with Crippen molar-refractivity contribution in [2.24, 2.45) is 4.40 Å². The SMILES string of the molecule is Cc1ccc(S(=O)(=O)/N=C/c2ccc[nH]2)cc1. The Labute approximate surface area is 100 Å². The molecule has 2 rings (SSSR count). The minimum atomic E-state index is -3.60. The van der Waals surface area contributed by atoms with Gasteiger partial charge in [0.05, 0.1) is 16.8 Å². The molecule has 0 amide bonds. The number of nitrogens with zero attached hydrogens (tertiary/aromatic N) is 1. The number of aromatic nitrogens is 1. The quantitative estimate of drug-likeness (QED) is 0.846. The van der Waals surface area contributed by atoms with Crippen molar-refractivity contribution in [3.05, 3.63) is 53.9 Å². The summed E-state index contributed by atoms with van der Waals surface area (Å²) in [5, 5.41) is 0. The molecule has 0 aliphatic heterocycles. The first-order valence-corrected chi connectivity index (χ1v) is 6.52. The van der Waals surface area contributed by atoms with Crippen molar-refractivity contribution in [1.82, 2.24) is 4.98 Å². The number of H-pyrrole nitrogens is 1. The van der Waals surface area contributed by atoms with Crippen LogP contribution in [0.5, 0.6) is 0 Å². The second kappa shape index (κ2) is 4.55. The van der Waals surface area contributed by atoms with Gasteiger partial charge in [0.1, 0.15) is 0 Å². The molecule has 4 nitrogen and oxygen atoms in total. The molecule has 5 heteroatoms. The molecule has 0 radical (unpaired) electrons. The van der Waals surface area contributed by atoms with Crippen LogP contribution < -0.4 is 0 Å². The van der Waals surface area contributed by atoms with Crippen molar-refractivity contribution in [3.63, 3.8) is 0 Å². The number of aryl methyl sites for hydroxylation is 1. The summed E-state index contributed by atoms with van der Waals surface area (Å²) in [5.41, 5.74) is 1.66. The number of hydrogen-bond donors (Lipinski definition) is 1. The van der Waals surface area contributed by atoms with E-state index in [-0.39, 0.29) is 4.90 Å². The first kappa shape index (κ1) is 11.6. The van der Waals surface area contributed by atoms with Crippen molar-refractivity contribution >= 4 is 16.2 Å². The molecule has 0 saturated heterocycles. The summed E-state index contributed by atoms with van der Waals surface area (Å²) in [7, 11) is -3.60. The van der Waals surface area contributed by atoms with Crippen molar-refractivity contribution in [1.29, 1.82) is 0 Å². The summed E-state index contributed by atoms with van der Waals surface area (Å²) in [6.45, 7) is 1.90. The van der Waals surface area contributed by atoms with Crippen LogP contribution in [0.15, 0.2) is 51.9 Å². The molecule has 1 aromatic carbocycles. The normalized spacial score (nSPS) is 12.1. The van der Waals surface area contributed by atoms with E-state index in [2.05, 4.69) is 9.38 Å². The lowest BCUT2D eigenvalue weighted by molar-refractivity contribution is 0.598. The summed E-state index contributed by atoms with van der Waals surface area (Å²) >= 11 is 0. The molecular weight excluding hydrogens is 236 g/mol. The van der Waals surface area contributed by atoms with Crippen LogP contribution >= 0.6 is 0 Å². The Morgan fingerprint density at radius 3 is 2.47 bits per heavy atom. The van der Waals surface area contributed by atoms with Crippen LogP contribution in [0.1, 0.15) is 11.3 Å². The van der Waals surface area contributed by atoms with Gasteiger partial charge in [-0.1, -0.05) is 17.7 Å². The third-order valence-corrected chi connectivity index (χ3v) is 3.52. The lowest BCUT2D eigenvalue weighted by Crippen LogP contribution is -1.97. The number of aromatic amines is 1. The monoisotopic (exact) mass is 248 g/mol. The molecule has 0 unspecified atom stereocenters. The van der Waals surface area contributed by atoms with Crippen LogP contribution in [0.25, 0.3) is 0 Å². The lowest BCUT2D eigenvalue weighted by atomic mass is 10.2. The number of sulfonamides is 1. The average Bonchev–Trinajstić information content (AvgIpc) is 2.80. The van der Waals surface area contributed by atoms with Crippen molar-refractivity contribution < 1.29 is 8.42 Å². The van der Waals surface area contributed by atoms with E-state index in [9.17, 15) is 8.42 Å². The third kappa shape index (κ3) is 2.82. The molecule has 2 aromatic rings. The summed E-state index contributed by atoms with van der Waals surface area (Å²) in [6.07, 6.45) is 3.01. The highest BCUT2D eigenvalue weighted by Crippen LogP contribution is 2.12. The first-order valence-electron chi connectivity index (χ1n) is 5.08. The van der Waals surface area contributed by atoms with Gasteiger partial charge >= 0.3 is 0 Å². The Morgan fingerprint density at radius 1 is 1.18 bits per heavy atom. The third-order valence-electron chi connectivity index (χ3n) is 2.27. The predicted molar refractivity (Wildman–Crippen MR) is 66.8 cm³/mol. The Hall–Kier alpha value is -1.88. The molecule has 0 bridgehead atoms. The van der Waals surface area contributed by atoms with Crippen LogP contribution in [0.4, 0.5) is 0 Å². The molecule has 1 aromatic heterocycles. The highest BCUT2D eigenvalue weighted by atomic mass is 32.2. The van der Waals surface area contributed by atoms with Gasteiger partial charge in [-0.05, 0) is 31.2 Å². The Balaban J connectivity index is 2.28. The maximum atomic E-state index is 11.8. The predicted octanol–water partition coefficient (Wildman–Crippen LogP) is 2.13. The van der Waals surface area contributed by atoms with Gasteiger partial charge in [-0.2, -0.15) is 12.8 Å². The molecule has 17 heavy (non-hydrogen) atoms. The van der Waals surface area contributed by atoms with Gasteiger partial charge in [0, 0.05) is 6.20 Å². The molecule has 1 heterocycles. The first-order chi connectivity index (χ1) is 8.08. The topological polar surface area (TPSA) is 62.3 Å². The van der Waals surface area contributed by atoms with Crippen LogP contribution in [0, 0.1) is 6.92 Å². The van der Waals surface area contributed by atoms with Crippen molar-refractivity contribution in [2.75, 3.05) is 0 Å². The van der Waals surface area contributed by atoms with Crippen LogP contribution in [-0.2, 0) is 10.0 Å². The molecule has 0 fully saturated rings. The zero-order valence-electron chi connectivity index (χ0n) is 9.29. The van der Waals surface area contributed by atoms with E-state index in [0.29, 0.717) is 5.69 Å². The zero-order valence-corrected chi connectivity index (χ0v) is 10.1. The second-order valence-electron chi connectivity index (χ2n) is 3.65. The van der Waals surface area contributed by atoms with E-state index in [1.54, 1.807) is 42.6 Å². The van der Waals surface area contributed by atoms with Crippen molar-refractivity contribution in [2.45, 2.75) is 11.8 Å². The van der Waals surface area contributed by atoms with E-state index in [1.807, 2.05) is 6.92 Å². The van der Waals surface area contributed by atoms with Gasteiger partial charge in [0.15, 0.2) is 0 Å². The van der Waals surface area contributed by atoms with Crippen LogP contribution in [0.2, 0.25) is 0 Å². The molecule has 0 atom stereocenters. The van der Waals surface area contributed by atoms with Crippen LogP contribution in [0.3, 0.4) is 0 Å². The molecule has 0 saturated carbocycles. The molecular formula is C12H12N2O2S. The molecule has 0 aliphatic carbocycles. The molecule has 1 N–H and O–H groups in total. The lowest BCUT2D eigenvalue weighted by Gasteiger charge is -1.98. The van der Waals surface area contributed by atoms with Gasteiger partial charge in [0.25, 0.3) is 10.0 Å². The molecule has 88 valence electrons. The maximum absolute atomic E-state index is 11.8. The summed E-state index contributed by atoms with van der Waals surface area (Å²) in [6, 6.07) is 10.1. The fourth-order valence-electron chi connectivity index (χ4n) is 1.32. The Morgan fingerprint density at radius 2 is 1.88 bits per heavy atom. The summed E-state index contributed by atoms with van der Waals surface area (Å²) in [5.74, 6) is 0. The van der Waals surface area contributed by atoms with E-state index in [4.69, 9.17) is 0 Å². The number of benzene rings is 1. The van der Waals surface area contributed by atoms with E-state index < -0.39 is 10.0 Å². The largest absolute Gasteiger partial charge is 0.360 e. The standard InChI is InChI=1S/C12H12N2O2S/c1-10-4-6-12(7-5-10)17(15,16)14-9-11-3-2-8-13-11/h2-9,13H,1H3/b14-9+. The molecule has 0 spiro atoms. The highest BCUT2D eigenvalue weighted by molar-refractivity contribution is 7.90. The molecule has 0 aliphatic rings. The second-order valence-corrected chi connectivity index (χ2v) is 5.28. The maximum Gasteiger partial charge on any atom is 0.282 e. The van der Waals surface area contributed by atoms with E-state index in [0.717, 1.165) is 5.56 Å². The minimum absolute atomic E-state index is 0.200.